The molecule has 5 heteroatoms. The number of hydrogen-bond donors (Lipinski definition) is 2. The Bertz CT molecular complexity index is 326. The van der Waals surface area contributed by atoms with Crippen molar-refractivity contribution in [2.24, 2.45) is 5.41 Å². The lowest BCUT2D eigenvalue weighted by Crippen LogP contribution is -2.40. The molecule has 0 unspecified atom stereocenters. The molecule has 0 atom stereocenters. The minimum atomic E-state index is -0.796. The van der Waals surface area contributed by atoms with Crippen LogP contribution in [0.5, 0.6) is 0 Å². The second kappa shape index (κ2) is 4.25. The van der Waals surface area contributed by atoms with Crippen LogP contribution in [-0.2, 0) is 9.59 Å². The third-order valence-electron chi connectivity index (χ3n) is 3.19. The maximum Gasteiger partial charge on any atom is 0.311 e. The number of nitrogens with zero attached hydrogens (tertiary/aromatic N) is 1. The zero-order valence-electron chi connectivity index (χ0n) is 9.11. The Morgan fingerprint density at radius 1 is 1.31 bits per heavy atom. The molecule has 0 bridgehead atoms. The molecule has 0 aromatic carbocycles. The summed E-state index contributed by atoms with van der Waals surface area (Å²) in [5.74, 6) is -0.883. The van der Waals surface area contributed by atoms with Crippen LogP contribution in [0.4, 0.5) is 0 Å². The van der Waals surface area contributed by atoms with Gasteiger partial charge >= 0.3 is 5.97 Å². The molecular formula is C11H16N2O3. The van der Waals surface area contributed by atoms with E-state index in [1.165, 1.54) is 0 Å². The Morgan fingerprint density at radius 3 is 2.44 bits per heavy atom. The number of nitrogens with one attached hydrogen (secondary N) is 1. The van der Waals surface area contributed by atoms with Crippen molar-refractivity contribution in [3.63, 3.8) is 0 Å². The first kappa shape index (κ1) is 11.1. The summed E-state index contributed by atoms with van der Waals surface area (Å²) in [5, 5.41) is 11.6. The summed E-state index contributed by atoms with van der Waals surface area (Å²) in [5.41, 5.74) is -0.668. The third-order valence-corrected chi connectivity index (χ3v) is 3.19. The van der Waals surface area contributed by atoms with Gasteiger partial charge in [-0.15, -0.1) is 0 Å². The molecule has 5 nitrogen and oxygen atoms in total. The van der Waals surface area contributed by atoms with E-state index in [0.717, 1.165) is 13.1 Å². The largest absolute Gasteiger partial charge is 0.481 e. The van der Waals surface area contributed by atoms with Crippen LogP contribution >= 0.6 is 0 Å². The number of carboxylic acids is 1. The molecule has 0 radical (unpaired) electrons. The summed E-state index contributed by atoms with van der Waals surface area (Å²) in [6, 6.07) is 0. The third kappa shape index (κ3) is 2.41. The van der Waals surface area contributed by atoms with Gasteiger partial charge in [0.2, 0.25) is 5.91 Å². The Morgan fingerprint density at radius 2 is 1.94 bits per heavy atom. The van der Waals surface area contributed by atoms with Gasteiger partial charge < -0.3 is 10.4 Å². The summed E-state index contributed by atoms with van der Waals surface area (Å²) >= 11 is 0. The predicted octanol–water partition coefficient (Wildman–Crippen LogP) is -0.161. The van der Waals surface area contributed by atoms with Crippen LogP contribution in [0.25, 0.3) is 0 Å². The molecule has 2 aliphatic rings. The van der Waals surface area contributed by atoms with Crippen molar-refractivity contribution in [1.82, 2.24) is 10.2 Å². The maximum atomic E-state index is 11.5. The van der Waals surface area contributed by atoms with Crippen LogP contribution in [0.15, 0.2) is 12.2 Å². The SMILES string of the molecule is O=C(CN1CC=CC1)NCC1(C(=O)O)CC1. The average molecular weight is 224 g/mol. The fraction of sp³-hybridized carbons (Fsp3) is 0.636. The molecule has 1 fully saturated rings. The van der Waals surface area contributed by atoms with Crippen molar-refractivity contribution in [3.05, 3.63) is 12.2 Å². The first-order valence-corrected chi connectivity index (χ1v) is 5.50. The summed E-state index contributed by atoms with van der Waals surface area (Å²) in [6.45, 7) is 2.22. The van der Waals surface area contributed by atoms with E-state index in [1.54, 1.807) is 0 Å². The monoisotopic (exact) mass is 224 g/mol. The Balaban J connectivity index is 1.70. The van der Waals surface area contributed by atoms with Crippen molar-refractivity contribution >= 4 is 11.9 Å². The number of hydrogen-bond acceptors (Lipinski definition) is 3. The van der Waals surface area contributed by atoms with Gasteiger partial charge in [0.05, 0.1) is 12.0 Å². The van der Waals surface area contributed by atoms with Gasteiger partial charge in [-0.2, -0.15) is 0 Å². The van der Waals surface area contributed by atoms with E-state index >= 15 is 0 Å². The van der Waals surface area contributed by atoms with E-state index in [9.17, 15) is 9.59 Å². The smallest absolute Gasteiger partial charge is 0.311 e. The highest BCUT2D eigenvalue weighted by Crippen LogP contribution is 2.45. The summed E-state index contributed by atoms with van der Waals surface area (Å²) < 4.78 is 0. The molecule has 1 saturated carbocycles. The van der Waals surface area contributed by atoms with Gasteiger partial charge in [0.1, 0.15) is 0 Å². The minimum Gasteiger partial charge on any atom is -0.481 e. The minimum absolute atomic E-state index is 0.0868. The van der Waals surface area contributed by atoms with Crippen molar-refractivity contribution in [1.29, 1.82) is 0 Å². The Kier molecular flexibility index (Phi) is 2.96. The second-order valence-electron chi connectivity index (χ2n) is 4.53. The lowest BCUT2D eigenvalue weighted by Gasteiger charge is -2.16. The molecule has 2 N–H and O–H groups in total. The van der Waals surface area contributed by atoms with Gasteiger partial charge in [-0.05, 0) is 12.8 Å². The Labute approximate surface area is 94.1 Å². The van der Waals surface area contributed by atoms with Crippen LogP contribution in [0, 0.1) is 5.41 Å². The molecule has 1 amide bonds. The normalized spacial score (nSPS) is 22.0. The van der Waals surface area contributed by atoms with Crippen LogP contribution in [0.2, 0.25) is 0 Å². The lowest BCUT2D eigenvalue weighted by molar-refractivity contribution is -0.143. The van der Waals surface area contributed by atoms with Gasteiger partial charge in [0, 0.05) is 19.6 Å². The number of carboxylic acid groups (broad SMARTS) is 1. The average Bonchev–Trinajstić information content (AvgIpc) is 2.88. The molecule has 0 aromatic heterocycles. The van der Waals surface area contributed by atoms with E-state index in [1.807, 2.05) is 17.1 Å². The van der Waals surface area contributed by atoms with Gasteiger partial charge in [0.15, 0.2) is 0 Å². The highest BCUT2D eigenvalue weighted by molar-refractivity contribution is 5.81. The molecule has 1 aliphatic carbocycles. The van der Waals surface area contributed by atoms with Crippen molar-refractivity contribution in [3.8, 4) is 0 Å². The van der Waals surface area contributed by atoms with Crippen molar-refractivity contribution in [2.45, 2.75) is 12.8 Å². The summed E-state index contributed by atoms with van der Waals surface area (Å²) in [6.07, 6.45) is 5.39. The topological polar surface area (TPSA) is 69.6 Å². The molecule has 88 valence electrons. The highest BCUT2D eigenvalue weighted by Gasteiger charge is 2.50. The molecular weight excluding hydrogens is 208 g/mol. The Hall–Kier alpha value is -1.36. The standard InChI is InChI=1S/C11H16N2O3/c14-9(7-13-5-1-2-6-13)12-8-11(3-4-11)10(15)16/h1-2H,3-8H2,(H,12,14)(H,15,16). The quantitative estimate of drug-likeness (QED) is 0.637. The number of rotatable bonds is 5. The summed E-state index contributed by atoms with van der Waals surface area (Å²) in [7, 11) is 0. The van der Waals surface area contributed by atoms with E-state index < -0.39 is 11.4 Å². The molecule has 2 rings (SSSR count). The second-order valence-corrected chi connectivity index (χ2v) is 4.53. The van der Waals surface area contributed by atoms with E-state index in [2.05, 4.69) is 5.32 Å². The zero-order valence-corrected chi connectivity index (χ0v) is 9.11. The molecule has 1 aliphatic heterocycles. The van der Waals surface area contributed by atoms with Crippen molar-refractivity contribution in [2.75, 3.05) is 26.2 Å². The van der Waals surface area contributed by atoms with Crippen LogP contribution in [-0.4, -0.2) is 48.1 Å². The van der Waals surface area contributed by atoms with Crippen molar-refractivity contribution < 1.29 is 14.7 Å². The van der Waals surface area contributed by atoms with E-state index in [4.69, 9.17) is 5.11 Å². The summed E-state index contributed by atoms with van der Waals surface area (Å²) in [4.78, 5) is 24.4. The highest BCUT2D eigenvalue weighted by atomic mass is 16.4. The van der Waals surface area contributed by atoms with Gasteiger partial charge in [-0.25, -0.2) is 0 Å². The zero-order chi connectivity index (χ0) is 11.6. The molecule has 0 saturated heterocycles. The number of carbonyl (C=O) groups is 2. The number of carbonyl (C=O) groups excluding carboxylic acids is 1. The molecule has 0 aromatic rings. The first-order chi connectivity index (χ1) is 7.62. The van der Waals surface area contributed by atoms with Crippen LogP contribution in [0.1, 0.15) is 12.8 Å². The molecule has 16 heavy (non-hydrogen) atoms. The number of aliphatic carboxylic acids is 1. The lowest BCUT2D eigenvalue weighted by atomic mass is 10.1. The molecule has 1 heterocycles. The maximum absolute atomic E-state index is 11.5. The van der Waals surface area contributed by atoms with Crippen LogP contribution < -0.4 is 5.32 Å². The van der Waals surface area contributed by atoms with Crippen LogP contribution in [0.3, 0.4) is 0 Å². The fourth-order valence-corrected chi connectivity index (χ4v) is 1.79. The van der Waals surface area contributed by atoms with Gasteiger partial charge in [-0.3, -0.25) is 14.5 Å². The predicted molar refractivity (Wildman–Crippen MR) is 57.9 cm³/mol. The first-order valence-electron chi connectivity index (χ1n) is 5.50. The van der Waals surface area contributed by atoms with Gasteiger partial charge in [0.25, 0.3) is 0 Å². The number of amides is 1. The van der Waals surface area contributed by atoms with Gasteiger partial charge in [-0.1, -0.05) is 12.2 Å². The molecule has 0 spiro atoms. The van der Waals surface area contributed by atoms with E-state index in [0.29, 0.717) is 19.4 Å². The fourth-order valence-electron chi connectivity index (χ4n) is 1.79. The van der Waals surface area contributed by atoms with E-state index in [-0.39, 0.29) is 12.5 Å².